The molecule has 270 valence electrons. The fraction of sp³-hybridized carbons (Fsp3) is 0.447. The third-order valence-corrected chi connectivity index (χ3v) is 11.8. The summed E-state index contributed by atoms with van der Waals surface area (Å²) in [6, 6.07) is 15.3. The zero-order chi connectivity index (χ0) is 36.7. The molecule has 1 heterocycles. The van der Waals surface area contributed by atoms with Gasteiger partial charge in [0.1, 0.15) is 17.4 Å². The molecule has 3 N–H and O–H groups in total. The lowest BCUT2D eigenvalue weighted by Crippen LogP contribution is -2.56. The quantitative estimate of drug-likeness (QED) is 0.224. The van der Waals surface area contributed by atoms with Gasteiger partial charge in [0.05, 0.1) is 17.2 Å². The molecule has 0 spiro atoms. The van der Waals surface area contributed by atoms with Crippen LogP contribution in [0.5, 0.6) is 11.6 Å². The van der Waals surface area contributed by atoms with Crippen molar-refractivity contribution in [2.24, 2.45) is 23.2 Å². The van der Waals surface area contributed by atoms with E-state index in [9.17, 15) is 27.6 Å². The fourth-order valence-corrected chi connectivity index (χ4v) is 8.22. The molecule has 3 aliphatic rings. The maximum absolute atomic E-state index is 14.6. The molecule has 1 aromatic heterocycles. The molecule has 6 atom stereocenters. The summed E-state index contributed by atoms with van der Waals surface area (Å²) in [6.45, 7) is 11.1. The minimum absolute atomic E-state index is 0.106. The van der Waals surface area contributed by atoms with Crippen molar-refractivity contribution in [3.05, 3.63) is 79.0 Å². The van der Waals surface area contributed by atoms with Crippen LogP contribution in [0.1, 0.15) is 58.4 Å². The smallest absolute Gasteiger partial charge is 0.413 e. The molecule has 6 rings (SSSR count). The van der Waals surface area contributed by atoms with Crippen LogP contribution in [-0.4, -0.2) is 60.0 Å². The first-order valence-corrected chi connectivity index (χ1v) is 18.8. The van der Waals surface area contributed by atoms with Gasteiger partial charge in [-0.05, 0) is 74.1 Å². The van der Waals surface area contributed by atoms with E-state index in [-0.39, 0.29) is 19.3 Å². The zero-order valence-corrected chi connectivity index (χ0v) is 30.0. The number of aromatic nitrogens is 1. The van der Waals surface area contributed by atoms with Gasteiger partial charge in [0.2, 0.25) is 21.8 Å². The third kappa shape index (κ3) is 7.78. The molecule has 2 aromatic carbocycles. The number of nitrogens with one attached hydrogen (secondary N) is 3. The lowest BCUT2D eigenvalue weighted by Gasteiger charge is -2.33. The molecule has 3 amide bonds. The normalized spacial score (nSPS) is 24.9. The van der Waals surface area contributed by atoms with Gasteiger partial charge in [-0.15, -0.1) is 6.58 Å². The van der Waals surface area contributed by atoms with Gasteiger partial charge in [-0.1, -0.05) is 62.7 Å². The molecule has 3 aliphatic carbocycles. The largest absolute Gasteiger partial charge is 0.474 e. The van der Waals surface area contributed by atoms with Crippen LogP contribution in [0.25, 0.3) is 10.8 Å². The first kappa shape index (κ1) is 36.0. The Morgan fingerprint density at radius 1 is 1.00 bits per heavy atom. The number of sulfonamides is 1. The van der Waals surface area contributed by atoms with Gasteiger partial charge in [-0.25, -0.2) is 18.2 Å². The molecule has 3 aromatic rings. The highest BCUT2D eigenvalue weighted by molar-refractivity contribution is 7.91. The van der Waals surface area contributed by atoms with Gasteiger partial charge >= 0.3 is 6.09 Å². The van der Waals surface area contributed by atoms with Gasteiger partial charge in [0.15, 0.2) is 5.78 Å². The first-order chi connectivity index (χ1) is 24.1. The summed E-state index contributed by atoms with van der Waals surface area (Å²) in [7, 11) is -3.88. The Bertz CT molecular complexity index is 1970. The summed E-state index contributed by atoms with van der Waals surface area (Å²) in [5.41, 5.74) is -1.33. The summed E-state index contributed by atoms with van der Waals surface area (Å²) < 4.78 is 39.4. The average molecular weight is 717 g/mol. The van der Waals surface area contributed by atoms with Crippen molar-refractivity contribution in [2.75, 3.05) is 0 Å². The molecule has 0 saturated heterocycles. The molecular formula is C38H44N4O8S. The average Bonchev–Trinajstić information content (AvgIpc) is 4.01. The number of aryl methyl sites for hydroxylation is 1. The van der Waals surface area contributed by atoms with Crippen LogP contribution < -0.4 is 24.8 Å². The summed E-state index contributed by atoms with van der Waals surface area (Å²) in [4.78, 5) is 59.8. The van der Waals surface area contributed by atoms with Gasteiger partial charge in [-0.3, -0.25) is 19.1 Å². The lowest BCUT2D eigenvalue weighted by molar-refractivity contribution is -0.136. The van der Waals surface area contributed by atoms with Crippen molar-refractivity contribution in [1.29, 1.82) is 0 Å². The second-order valence-electron chi connectivity index (χ2n) is 15.0. The van der Waals surface area contributed by atoms with Crippen LogP contribution in [0.15, 0.2) is 73.4 Å². The Hall–Kier alpha value is -4.78. The number of Topliss-reactive ketones (excluding diaryl/α,β-unsaturated/α-hetero) is 1. The van der Waals surface area contributed by atoms with Crippen LogP contribution in [0, 0.1) is 30.1 Å². The number of carbonyl (C=O) groups excluding carboxylic acids is 4. The van der Waals surface area contributed by atoms with Crippen molar-refractivity contribution in [1.82, 2.24) is 20.3 Å². The Kier molecular flexibility index (Phi) is 9.71. The molecule has 12 nitrogen and oxygen atoms in total. The van der Waals surface area contributed by atoms with E-state index in [2.05, 4.69) is 26.9 Å². The molecular weight excluding hydrogens is 673 g/mol. The Labute approximate surface area is 297 Å². The number of carbonyl (C=O) groups is 4. The summed E-state index contributed by atoms with van der Waals surface area (Å²) >= 11 is 0. The topological polar surface area (TPSA) is 170 Å². The van der Waals surface area contributed by atoms with E-state index in [1.807, 2.05) is 37.3 Å². The van der Waals surface area contributed by atoms with Crippen LogP contribution in [0.4, 0.5) is 4.79 Å². The van der Waals surface area contributed by atoms with Gasteiger partial charge in [0.25, 0.3) is 5.91 Å². The first-order valence-electron chi connectivity index (χ1n) is 17.2. The molecule has 3 fully saturated rings. The number of fused-ring (bicyclic) bond motifs is 1. The number of pyridine rings is 1. The van der Waals surface area contributed by atoms with Crippen LogP contribution in [0.2, 0.25) is 0 Å². The number of amides is 3. The predicted octanol–water partition coefficient (Wildman–Crippen LogP) is 4.76. The van der Waals surface area contributed by atoms with Crippen molar-refractivity contribution in [3.63, 3.8) is 0 Å². The Morgan fingerprint density at radius 3 is 2.33 bits per heavy atom. The van der Waals surface area contributed by atoms with Crippen LogP contribution in [-0.2, 0) is 24.4 Å². The zero-order valence-electron chi connectivity index (χ0n) is 29.2. The second-order valence-corrected chi connectivity index (χ2v) is 17.0. The number of benzene rings is 2. The minimum atomic E-state index is -3.88. The highest BCUT2D eigenvalue weighted by atomic mass is 32.2. The van der Waals surface area contributed by atoms with E-state index in [0.29, 0.717) is 24.5 Å². The fourth-order valence-electron chi connectivity index (χ4n) is 6.85. The Balaban J connectivity index is 1.27. The van der Waals surface area contributed by atoms with Gasteiger partial charge < -0.3 is 20.1 Å². The molecule has 13 heteroatoms. The third-order valence-electron chi connectivity index (χ3n) is 10.0. The highest BCUT2D eigenvalue weighted by Gasteiger charge is 2.62. The number of hydrogen-bond acceptors (Lipinski definition) is 9. The molecule has 0 radical (unpaired) electrons. The monoisotopic (exact) mass is 716 g/mol. The van der Waals surface area contributed by atoms with E-state index < -0.39 is 79.8 Å². The number of hydrogen-bond donors (Lipinski definition) is 3. The van der Waals surface area contributed by atoms with E-state index >= 15 is 0 Å². The van der Waals surface area contributed by atoms with E-state index in [4.69, 9.17) is 9.47 Å². The summed E-state index contributed by atoms with van der Waals surface area (Å²) in [5.74, 6) is -3.57. The van der Waals surface area contributed by atoms with Crippen molar-refractivity contribution < 1.29 is 37.1 Å². The van der Waals surface area contributed by atoms with Crippen LogP contribution >= 0.6 is 0 Å². The molecule has 51 heavy (non-hydrogen) atoms. The second kappa shape index (κ2) is 13.7. The Morgan fingerprint density at radius 2 is 1.69 bits per heavy atom. The van der Waals surface area contributed by atoms with Gasteiger partial charge in [0, 0.05) is 23.4 Å². The van der Waals surface area contributed by atoms with E-state index in [1.54, 1.807) is 51.2 Å². The molecule has 3 saturated carbocycles. The summed E-state index contributed by atoms with van der Waals surface area (Å²) in [5, 5.41) is 6.61. The molecule has 0 bridgehead atoms. The predicted molar refractivity (Wildman–Crippen MR) is 190 cm³/mol. The maximum Gasteiger partial charge on any atom is 0.413 e. The van der Waals surface area contributed by atoms with E-state index in [0.717, 1.165) is 16.3 Å². The van der Waals surface area contributed by atoms with Crippen molar-refractivity contribution >= 4 is 44.5 Å². The SMILES string of the molecule is C=CC1CC1(NC(=O)C1CC(Oc2nccc3ccccc23)CC1C(=O)C(NC(=O)Oc1ccc(C)cc1)C(C)(C)C)C(=O)NS(=O)(=O)C1CC1. The van der Waals surface area contributed by atoms with E-state index in [1.165, 1.54) is 6.08 Å². The molecule has 0 aliphatic heterocycles. The van der Waals surface area contributed by atoms with Crippen molar-refractivity contribution in [2.45, 2.75) is 82.7 Å². The standard InChI is InChI=1S/C38H44N4O8S/c1-6-24-21-38(24,35(45)42-51(47,48)27-15-16-27)41-33(44)30-20-26(49-34-28-10-8-7-9-23(28)17-18-39-34)19-29(30)31(43)32(37(3,4)5)40-36(46)50-25-13-11-22(2)12-14-25/h6-14,17-18,24,26-27,29-30,32H,1,15-16,19-21H2,2-5H3,(H,40,46)(H,41,44)(H,42,45). The number of nitrogens with zero attached hydrogens (tertiary/aromatic N) is 1. The van der Waals surface area contributed by atoms with Crippen molar-refractivity contribution in [3.8, 4) is 11.6 Å². The lowest BCUT2D eigenvalue weighted by atomic mass is 9.77. The number of ketones is 1. The maximum atomic E-state index is 14.6. The molecule has 6 unspecified atom stereocenters. The minimum Gasteiger partial charge on any atom is -0.474 e. The highest BCUT2D eigenvalue weighted by Crippen LogP contribution is 2.47. The number of ether oxygens (including phenoxy) is 2. The number of rotatable bonds is 12. The van der Waals surface area contributed by atoms with Crippen LogP contribution in [0.3, 0.4) is 0 Å². The van der Waals surface area contributed by atoms with Gasteiger partial charge in [-0.2, -0.15) is 0 Å². The summed E-state index contributed by atoms with van der Waals surface area (Å²) in [6.07, 6.45) is 3.02.